The molecule has 0 aromatic heterocycles. The smallest absolute Gasteiger partial charge is 0.0599 e. The Kier molecular flexibility index (Phi) is 3.62. The van der Waals surface area contributed by atoms with E-state index in [1.165, 1.54) is 19.4 Å². The highest BCUT2D eigenvalue weighted by Crippen LogP contribution is 2.16. The van der Waals surface area contributed by atoms with Crippen molar-refractivity contribution in [3.05, 3.63) is 0 Å². The van der Waals surface area contributed by atoms with Crippen LogP contribution in [0.5, 0.6) is 0 Å². The summed E-state index contributed by atoms with van der Waals surface area (Å²) in [6.07, 6.45) is 2.48. The Balaban J connectivity index is 2.56. The number of nitrogens with zero attached hydrogens (tertiary/aromatic N) is 1. The van der Waals surface area contributed by atoms with Gasteiger partial charge in [0.1, 0.15) is 0 Å². The third-order valence-electron chi connectivity index (χ3n) is 2.46. The van der Waals surface area contributed by atoms with Crippen molar-refractivity contribution in [2.24, 2.45) is 11.8 Å². The monoisotopic (exact) mass is 165 g/mol. The summed E-state index contributed by atoms with van der Waals surface area (Å²) < 4.78 is 0. The lowest BCUT2D eigenvalue weighted by Crippen LogP contribution is -2.27. The third kappa shape index (κ3) is 2.87. The van der Waals surface area contributed by atoms with Gasteiger partial charge >= 0.3 is 0 Å². The van der Waals surface area contributed by atoms with Crippen molar-refractivity contribution in [3.8, 4) is 11.8 Å². The molecule has 12 heavy (non-hydrogen) atoms. The van der Waals surface area contributed by atoms with Crippen LogP contribution in [-0.2, 0) is 0 Å². The molecule has 0 saturated carbocycles. The first kappa shape index (κ1) is 9.61. The van der Waals surface area contributed by atoms with E-state index in [1.54, 1.807) is 0 Å². The normalized spacial score (nSPS) is 31.6. The topological polar surface area (TPSA) is 3.24 Å². The van der Waals surface area contributed by atoms with E-state index < -0.39 is 0 Å². The Labute approximate surface area is 76.1 Å². The molecule has 1 rings (SSSR count). The fourth-order valence-electron chi connectivity index (χ4n) is 1.81. The van der Waals surface area contributed by atoms with Gasteiger partial charge in [0.2, 0.25) is 0 Å². The average Bonchev–Trinajstić information content (AvgIpc) is 1.99. The minimum Gasteiger partial charge on any atom is -0.295 e. The highest BCUT2D eigenvalue weighted by Gasteiger charge is 2.12. The van der Waals surface area contributed by atoms with Gasteiger partial charge in [-0.15, -0.1) is 0 Å². The van der Waals surface area contributed by atoms with Crippen molar-refractivity contribution in [3.63, 3.8) is 0 Å². The summed E-state index contributed by atoms with van der Waals surface area (Å²) in [5.41, 5.74) is 0. The number of hydrogen-bond donors (Lipinski definition) is 0. The Hall–Kier alpha value is -0.480. The second kappa shape index (κ2) is 4.52. The summed E-state index contributed by atoms with van der Waals surface area (Å²) in [5.74, 6) is 8.02. The van der Waals surface area contributed by atoms with Gasteiger partial charge in [0.05, 0.1) is 6.54 Å². The van der Waals surface area contributed by atoms with Gasteiger partial charge in [0, 0.05) is 12.5 Å². The SMILES string of the molecule is CCC1C#CCN(C)CC(C)C1. The van der Waals surface area contributed by atoms with E-state index >= 15 is 0 Å². The molecule has 1 heterocycles. The summed E-state index contributed by atoms with van der Waals surface area (Å²) in [5, 5.41) is 0. The molecule has 1 aliphatic heterocycles. The molecule has 0 saturated heterocycles. The Morgan fingerprint density at radius 1 is 1.50 bits per heavy atom. The first-order valence-corrected chi connectivity index (χ1v) is 4.89. The molecule has 0 aromatic rings. The van der Waals surface area contributed by atoms with Crippen LogP contribution < -0.4 is 0 Å². The van der Waals surface area contributed by atoms with E-state index in [-0.39, 0.29) is 0 Å². The van der Waals surface area contributed by atoms with E-state index in [1.807, 2.05) is 0 Å². The molecular formula is C11H19N. The third-order valence-corrected chi connectivity index (χ3v) is 2.46. The summed E-state index contributed by atoms with van der Waals surface area (Å²) in [4.78, 5) is 2.31. The number of rotatable bonds is 1. The van der Waals surface area contributed by atoms with Crippen LogP contribution >= 0.6 is 0 Å². The van der Waals surface area contributed by atoms with Crippen LogP contribution in [0.25, 0.3) is 0 Å². The fraction of sp³-hybridized carbons (Fsp3) is 0.818. The molecule has 68 valence electrons. The zero-order chi connectivity index (χ0) is 8.97. The summed E-state index contributed by atoms with van der Waals surface area (Å²) in [6.45, 7) is 6.70. The Bertz CT molecular complexity index is 187. The van der Waals surface area contributed by atoms with Crippen LogP contribution in [0.3, 0.4) is 0 Å². The van der Waals surface area contributed by atoms with Crippen LogP contribution in [0.2, 0.25) is 0 Å². The Morgan fingerprint density at radius 2 is 2.25 bits per heavy atom. The number of hydrogen-bond acceptors (Lipinski definition) is 1. The van der Waals surface area contributed by atoms with Crippen molar-refractivity contribution in [2.45, 2.75) is 26.7 Å². The minimum atomic E-state index is 0.647. The molecule has 1 aliphatic rings. The van der Waals surface area contributed by atoms with Gasteiger partial charge in [-0.05, 0) is 25.8 Å². The lowest BCUT2D eigenvalue weighted by Gasteiger charge is -2.23. The van der Waals surface area contributed by atoms with E-state index in [0.29, 0.717) is 5.92 Å². The molecule has 1 heteroatoms. The van der Waals surface area contributed by atoms with Gasteiger partial charge < -0.3 is 0 Å². The minimum absolute atomic E-state index is 0.647. The van der Waals surface area contributed by atoms with Crippen LogP contribution in [0.15, 0.2) is 0 Å². The zero-order valence-corrected chi connectivity index (χ0v) is 8.43. The molecule has 2 atom stereocenters. The lowest BCUT2D eigenvalue weighted by atomic mass is 9.93. The van der Waals surface area contributed by atoms with Crippen LogP contribution in [-0.4, -0.2) is 25.0 Å². The van der Waals surface area contributed by atoms with E-state index in [4.69, 9.17) is 0 Å². The molecule has 0 fully saturated rings. The largest absolute Gasteiger partial charge is 0.295 e. The van der Waals surface area contributed by atoms with Gasteiger partial charge in [-0.1, -0.05) is 25.7 Å². The van der Waals surface area contributed by atoms with Gasteiger partial charge in [0.25, 0.3) is 0 Å². The van der Waals surface area contributed by atoms with Crippen LogP contribution in [0, 0.1) is 23.7 Å². The van der Waals surface area contributed by atoms with Crippen molar-refractivity contribution >= 4 is 0 Å². The average molecular weight is 165 g/mol. The molecule has 0 bridgehead atoms. The predicted octanol–water partition coefficient (Wildman–Crippen LogP) is 1.99. The first-order valence-electron chi connectivity index (χ1n) is 4.89. The van der Waals surface area contributed by atoms with Crippen molar-refractivity contribution in [2.75, 3.05) is 20.1 Å². The maximum absolute atomic E-state index is 3.34. The van der Waals surface area contributed by atoms with Gasteiger partial charge in [-0.2, -0.15) is 0 Å². The molecule has 0 amide bonds. The van der Waals surface area contributed by atoms with Crippen molar-refractivity contribution in [1.29, 1.82) is 0 Å². The molecule has 0 aliphatic carbocycles. The highest BCUT2D eigenvalue weighted by atomic mass is 15.1. The molecule has 0 spiro atoms. The van der Waals surface area contributed by atoms with E-state index in [9.17, 15) is 0 Å². The molecule has 0 radical (unpaired) electrons. The second-order valence-electron chi connectivity index (χ2n) is 3.96. The van der Waals surface area contributed by atoms with Gasteiger partial charge in [0.15, 0.2) is 0 Å². The standard InChI is InChI=1S/C11H19N/c1-4-11-6-5-7-12(3)9-10(2)8-11/h10-11H,4,7-9H2,1-3H3. The van der Waals surface area contributed by atoms with E-state index in [0.717, 1.165) is 12.5 Å². The van der Waals surface area contributed by atoms with Gasteiger partial charge in [-0.3, -0.25) is 4.90 Å². The quantitative estimate of drug-likeness (QED) is 0.537. The molecule has 0 aromatic carbocycles. The van der Waals surface area contributed by atoms with Crippen molar-refractivity contribution < 1.29 is 0 Å². The van der Waals surface area contributed by atoms with Gasteiger partial charge in [-0.25, -0.2) is 0 Å². The van der Waals surface area contributed by atoms with Crippen LogP contribution in [0.1, 0.15) is 26.7 Å². The van der Waals surface area contributed by atoms with E-state index in [2.05, 4.69) is 37.6 Å². The Morgan fingerprint density at radius 3 is 2.92 bits per heavy atom. The fourth-order valence-corrected chi connectivity index (χ4v) is 1.81. The summed E-state index contributed by atoms with van der Waals surface area (Å²) in [7, 11) is 2.15. The predicted molar refractivity (Wildman–Crippen MR) is 52.8 cm³/mol. The highest BCUT2D eigenvalue weighted by molar-refractivity contribution is 5.06. The maximum atomic E-state index is 3.34. The summed E-state index contributed by atoms with van der Waals surface area (Å²) in [6, 6.07) is 0. The van der Waals surface area contributed by atoms with Crippen molar-refractivity contribution in [1.82, 2.24) is 4.90 Å². The van der Waals surface area contributed by atoms with Crippen LogP contribution in [0.4, 0.5) is 0 Å². The first-order chi connectivity index (χ1) is 5.72. The molecular weight excluding hydrogens is 146 g/mol. The zero-order valence-electron chi connectivity index (χ0n) is 8.43. The lowest BCUT2D eigenvalue weighted by molar-refractivity contribution is 0.285. The second-order valence-corrected chi connectivity index (χ2v) is 3.96. The molecule has 2 unspecified atom stereocenters. The molecule has 0 N–H and O–H groups in total. The summed E-state index contributed by atoms with van der Waals surface area (Å²) >= 11 is 0. The molecule has 1 nitrogen and oxygen atoms in total. The maximum Gasteiger partial charge on any atom is 0.0599 e.